The second-order valence-electron chi connectivity index (χ2n) is 5.35. The van der Waals surface area contributed by atoms with Crippen molar-refractivity contribution in [1.82, 2.24) is 4.67 Å². The van der Waals surface area contributed by atoms with Gasteiger partial charge in [-0.05, 0) is 25.1 Å². The van der Waals surface area contributed by atoms with Gasteiger partial charge in [0.05, 0.1) is 19.3 Å². The lowest BCUT2D eigenvalue weighted by Crippen LogP contribution is -2.29. The highest BCUT2D eigenvalue weighted by Gasteiger charge is 2.34. The molecule has 2 aromatic rings. The predicted octanol–water partition coefficient (Wildman–Crippen LogP) is 3.96. The molecule has 0 spiro atoms. The molecule has 1 radical (unpaired) electrons. The zero-order valence-electron chi connectivity index (χ0n) is 13.8. The van der Waals surface area contributed by atoms with E-state index >= 15 is 0 Å². The molecule has 0 aromatic heterocycles. The molecule has 0 heterocycles. The van der Waals surface area contributed by atoms with E-state index in [1.165, 1.54) is 11.7 Å². The Bertz CT molecular complexity index is 630. The molecule has 0 N–H and O–H groups in total. The summed E-state index contributed by atoms with van der Waals surface area (Å²) in [5, 5.41) is 0. The van der Waals surface area contributed by atoms with E-state index in [-0.39, 0.29) is 13.2 Å². The number of hydrogen-bond acceptors (Lipinski definition) is 4. The van der Waals surface area contributed by atoms with E-state index in [2.05, 4.69) is 0 Å². The smallest absolute Gasteiger partial charge is 0.292 e. The summed E-state index contributed by atoms with van der Waals surface area (Å²) in [5.41, 5.74) is 1.74. The number of nitrogens with zero attached hydrogens (tertiary/aromatic N) is 1. The minimum atomic E-state index is -3.64. The summed E-state index contributed by atoms with van der Waals surface area (Å²) in [5.74, 6) is 0. The molecule has 0 aliphatic carbocycles. The average molecular weight is 346 g/mol. The molecule has 0 fully saturated rings. The second-order valence-corrected chi connectivity index (χ2v) is 7.44. The zero-order valence-corrected chi connectivity index (χ0v) is 14.7. The number of benzene rings is 2. The first-order chi connectivity index (χ1) is 11.5. The lowest BCUT2D eigenvalue weighted by atomic mass is 10.2. The van der Waals surface area contributed by atoms with Crippen LogP contribution in [-0.4, -0.2) is 24.0 Å². The highest BCUT2D eigenvalue weighted by molar-refractivity contribution is 7.51. The van der Waals surface area contributed by atoms with Gasteiger partial charge in [0.15, 0.2) is 0 Å². The molecule has 1 atom stereocenters. The topological polar surface area (TPSA) is 55.8 Å². The van der Waals surface area contributed by atoms with Gasteiger partial charge < -0.3 is 0 Å². The predicted molar refractivity (Wildman–Crippen MR) is 93.0 cm³/mol. The summed E-state index contributed by atoms with van der Waals surface area (Å²) in [6.45, 7) is 1.85. The van der Waals surface area contributed by atoms with Crippen LogP contribution in [-0.2, 0) is 31.6 Å². The summed E-state index contributed by atoms with van der Waals surface area (Å²) in [7, 11) is -2.11. The fourth-order valence-corrected chi connectivity index (χ4v) is 3.50. The SMILES string of the molecule is C[C@@H]([C]=O)N(C)P(=O)(OCc1ccccc1)OCc1ccccc1. The van der Waals surface area contributed by atoms with Crippen LogP contribution in [0.25, 0.3) is 0 Å². The number of hydrogen-bond donors (Lipinski definition) is 0. The Hall–Kier alpha value is -1.78. The van der Waals surface area contributed by atoms with Crippen molar-refractivity contribution in [1.29, 1.82) is 0 Å². The third-order valence-electron chi connectivity index (χ3n) is 3.59. The third-order valence-corrected chi connectivity index (χ3v) is 5.62. The Morgan fingerprint density at radius 2 is 1.38 bits per heavy atom. The summed E-state index contributed by atoms with van der Waals surface area (Å²) in [6.07, 6.45) is 1.81. The van der Waals surface area contributed by atoms with Crippen LogP contribution in [0.4, 0.5) is 0 Å². The molecule has 0 amide bonds. The maximum Gasteiger partial charge on any atom is 0.409 e. The van der Waals surface area contributed by atoms with Gasteiger partial charge >= 0.3 is 7.75 Å². The highest BCUT2D eigenvalue weighted by atomic mass is 31.2. The first kappa shape index (κ1) is 18.6. The minimum Gasteiger partial charge on any atom is -0.292 e. The van der Waals surface area contributed by atoms with Crippen molar-refractivity contribution in [2.24, 2.45) is 0 Å². The monoisotopic (exact) mass is 346 g/mol. The van der Waals surface area contributed by atoms with E-state index in [1.807, 2.05) is 66.9 Å². The quantitative estimate of drug-likeness (QED) is 0.643. The summed E-state index contributed by atoms with van der Waals surface area (Å²) in [4.78, 5) is 10.9. The van der Waals surface area contributed by atoms with Crippen molar-refractivity contribution in [2.45, 2.75) is 26.2 Å². The molecule has 0 saturated carbocycles. The lowest BCUT2D eigenvalue weighted by molar-refractivity contribution is 0.148. The van der Waals surface area contributed by atoms with Crippen molar-refractivity contribution in [2.75, 3.05) is 7.05 Å². The van der Waals surface area contributed by atoms with Crippen LogP contribution in [0.15, 0.2) is 60.7 Å². The third kappa shape index (κ3) is 5.11. The van der Waals surface area contributed by atoms with Gasteiger partial charge in [-0.25, -0.2) is 9.24 Å². The molecule has 0 bridgehead atoms. The van der Waals surface area contributed by atoms with Crippen LogP contribution in [0.3, 0.4) is 0 Å². The van der Waals surface area contributed by atoms with Gasteiger partial charge in [0.25, 0.3) is 0 Å². The van der Waals surface area contributed by atoms with Crippen molar-refractivity contribution in [3.05, 3.63) is 71.8 Å². The standard InChI is InChI=1S/C18H21NO4P/c1-16(13-20)19(2)24(21,22-14-17-9-5-3-6-10-17)23-15-18-11-7-4-8-12-18/h3-12,16H,14-15H2,1-2H3/t16-/m0/s1. The molecule has 6 heteroatoms. The van der Waals surface area contributed by atoms with E-state index in [4.69, 9.17) is 9.05 Å². The van der Waals surface area contributed by atoms with Gasteiger partial charge in [0, 0.05) is 0 Å². The van der Waals surface area contributed by atoms with E-state index in [1.54, 1.807) is 6.92 Å². The molecule has 24 heavy (non-hydrogen) atoms. The minimum absolute atomic E-state index is 0.128. The number of carbonyl (C=O) groups excluding carboxylic acids is 1. The molecule has 2 rings (SSSR count). The Kier molecular flexibility index (Phi) is 6.88. The van der Waals surface area contributed by atoms with Crippen LogP contribution in [0.5, 0.6) is 0 Å². The number of rotatable bonds is 9. The van der Waals surface area contributed by atoms with E-state index < -0.39 is 13.8 Å². The van der Waals surface area contributed by atoms with Gasteiger partial charge in [-0.1, -0.05) is 60.7 Å². The van der Waals surface area contributed by atoms with Crippen LogP contribution in [0.2, 0.25) is 0 Å². The fraction of sp³-hybridized carbons (Fsp3) is 0.278. The average Bonchev–Trinajstić information content (AvgIpc) is 2.65. The first-order valence-electron chi connectivity index (χ1n) is 7.63. The molecular weight excluding hydrogens is 325 g/mol. The van der Waals surface area contributed by atoms with E-state index in [0.717, 1.165) is 11.1 Å². The van der Waals surface area contributed by atoms with Crippen LogP contribution in [0.1, 0.15) is 18.1 Å². The first-order valence-corrected chi connectivity index (χ1v) is 9.12. The van der Waals surface area contributed by atoms with E-state index in [9.17, 15) is 9.36 Å². The zero-order chi connectivity index (χ0) is 17.4. The van der Waals surface area contributed by atoms with Gasteiger partial charge in [-0.15, -0.1) is 0 Å². The maximum absolute atomic E-state index is 13.2. The molecule has 0 aliphatic rings. The lowest BCUT2D eigenvalue weighted by Gasteiger charge is -2.28. The highest BCUT2D eigenvalue weighted by Crippen LogP contribution is 2.53. The Morgan fingerprint density at radius 3 is 1.75 bits per heavy atom. The molecular formula is C18H21NO4P. The molecule has 0 aliphatic heterocycles. The fourth-order valence-electron chi connectivity index (χ4n) is 1.97. The van der Waals surface area contributed by atoms with Crippen LogP contribution in [0, 0.1) is 0 Å². The Morgan fingerprint density at radius 1 is 0.958 bits per heavy atom. The maximum atomic E-state index is 13.2. The Labute approximate surface area is 142 Å². The van der Waals surface area contributed by atoms with Gasteiger partial charge in [0.2, 0.25) is 6.29 Å². The summed E-state index contributed by atoms with van der Waals surface area (Å²) < 4.78 is 25.7. The second kappa shape index (κ2) is 8.90. The molecule has 2 aromatic carbocycles. The van der Waals surface area contributed by atoms with Crippen molar-refractivity contribution < 1.29 is 18.4 Å². The summed E-state index contributed by atoms with van der Waals surface area (Å²) >= 11 is 0. The van der Waals surface area contributed by atoms with E-state index in [0.29, 0.717) is 0 Å². The van der Waals surface area contributed by atoms with Gasteiger partial charge in [-0.3, -0.25) is 13.8 Å². The molecule has 0 unspecified atom stereocenters. The largest absolute Gasteiger partial charge is 0.409 e. The Balaban J connectivity index is 2.11. The number of likely N-dealkylation sites (N-methyl/N-ethyl adjacent to an activating group) is 1. The van der Waals surface area contributed by atoms with Crippen molar-refractivity contribution in [3.8, 4) is 0 Å². The molecule has 127 valence electrons. The van der Waals surface area contributed by atoms with Gasteiger partial charge in [-0.2, -0.15) is 0 Å². The van der Waals surface area contributed by atoms with Crippen LogP contribution < -0.4 is 0 Å². The van der Waals surface area contributed by atoms with Crippen molar-refractivity contribution in [3.63, 3.8) is 0 Å². The van der Waals surface area contributed by atoms with Crippen molar-refractivity contribution >= 4 is 14.0 Å². The summed E-state index contributed by atoms with van der Waals surface area (Å²) in [6, 6.07) is 18.1. The molecule has 0 saturated heterocycles. The normalized spacial score (nSPS) is 13.0. The van der Waals surface area contributed by atoms with Gasteiger partial charge in [0.1, 0.15) is 0 Å². The molecule has 5 nitrogen and oxygen atoms in total. The van der Waals surface area contributed by atoms with Crippen LogP contribution >= 0.6 is 7.75 Å².